The van der Waals surface area contributed by atoms with Gasteiger partial charge in [-0.1, -0.05) is 38.0 Å². The van der Waals surface area contributed by atoms with Crippen LogP contribution in [0.2, 0.25) is 0 Å². The Kier molecular flexibility index (Phi) is 4.06. The lowest BCUT2D eigenvalue weighted by Crippen LogP contribution is -2.19. The van der Waals surface area contributed by atoms with E-state index in [2.05, 4.69) is 23.3 Å². The lowest BCUT2D eigenvalue weighted by Gasteiger charge is -2.17. The second kappa shape index (κ2) is 6.13. The number of nitriles is 1. The molecule has 0 radical (unpaired) electrons. The zero-order valence-corrected chi connectivity index (χ0v) is 12.5. The van der Waals surface area contributed by atoms with Gasteiger partial charge in [0, 0.05) is 11.4 Å². The molecule has 3 nitrogen and oxygen atoms in total. The van der Waals surface area contributed by atoms with Crippen LogP contribution in [-0.4, -0.2) is 11.0 Å². The van der Waals surface area contributed by atoms with E-state index in [-0.39, 0.29) is 0 Å². The number of nitrogens with one attached hydrogen (secondary N) is 1. The first kappa shape index (κ1) is 13.9. The quantitative estimate of drug-likeness (QED) is 0.824. The normalized spacial score (nSPS) is 22.5. The van der Waals surface area contributed by atoms with Crippen LogP contribution in [0.4, 0.5) is 5.82 Å². The fourth-order valence-electron chi connectivity index (χ4n) is 3.18. The molecule has 1 heterocycles. The lowest BCUT2D eigenvalue weighted by atomic mass is 10.0. The summed E-state index contributed by atoms with van der Waals surface area (Å²) in [6.07, 6.45) is 6.26. The molecule has 0 amide bonds. The maximum atomic E-state index is 9.34. The first-order chi connectivity index (χ1) is 10.3. The maximum absolute atomic E-state index is 9.34. The number of fused-ring (bicyclic) bond motifs is 1. The summed E-state index contributed by atoms with van der Waals surface area (Å²) in [5, 5.41) is 13.8. The molecule has 1 aliphatic rings. The lowest BCUT2D eigenvalue weighted by molar-refractivity contribution is 0.502. The van der Waals surface area contributed by atoms with Gasteiger partial charge < -0.3 is 5.32 Å². The number of anilines is 1. The summed E-state index contributed by atoms with van der Waals surface area (Å²) in [6.45, 7) is 2.34. The van der Waals surface area contributed by atoms with Crippen molar-refractivity contribution in [2.24, 2.45) is 5.92 Å². The maximum Gasteiger partial charge on any atom is 0.128 e. The predicted molar refractivity (Wildman–Crippen MR) is 86.1 cm³/mol. The van der Waals surface area contributed by atoms with Crippen molar-refractivity contribution < 1.29 is 0 Å². The highest BCUT2D eigenvalue weighted by Gasteiger charge is 2.17. The van der Waals surface area contributed by atoms with E-state index in [1.807, 2.05) is 30.3 Å². The van der Waals surface area contributed by atoms with Gasteiger partial charge >= 0.3 is 0 Å². The molecule has 0 aliphatic heterocycles. The number of pyridine rings is 1. The minimum atomic E-state index is 0.482. The van der Waals surface area contributed by atoms with Crippen LogP contribution >= 0.6 is 0 Å². The highest BCUT2D eigenvalue weighted by molar-refractivity contribution is 5.86. The molecule has 2 unspecified atom stereocenters. The fourth-order valence-corrected chi connectivity index (χ4v) is 3.18. The third kappa shape index (κ3) is 3.16. The molecular weight excluding hydrogens is 258 g/mol. The monoisotopic (exact) mass is 279 g/mol. The van der Waals surface area contributed by atoms with Gasteiger partial charge in [-0.2, -0.15) is 5.26 Å². The fraction of sp³-hybridized carbons (Fsp3) is 0.444. The van der Waals surface area contributed by atoms with E-state index in [0.717, 1.165) is 22.6 Å². The van der Waals surface area contributed by atoms with E-state index in [0.29, 0.717) is 11.6 Å². The summed E-state index contributed by atoms with van der Waals surface area (Å²) in [5.41, 5.74) is 1.59. The van der Waals surface area contributed by atoms with E-state index in [1.165, 1.54) is 32.1 Å². The summed E-state index contributed by atoms with van der Waals surface area (Å²) >= 11 is 0. The van der Waals surface area contributed by atoms with Crippen molar-refractivity contribution >= 4 is 16.7 Å². The van der Waals surface area contributed by atoms with Gasteiger partial charge in [-0.25, -0.2) is 4.98 Å². The van der Waals surface area contributed by atoms with Gasteiger partial charge in [0.05, 0.1) is 17.1 Å². The molecule has 1 aromatic carbocycles. The number of aromatic nitrogens is 1. The summed E-state index contributed by atoms with van der Waals surface area (Å²) in [6, 6.07) is 12.5. The average molecular weight is 279 g/mol. The number of benzene rings is 1. The largest absolute Gasteiger partial charge is 0.367 e. The number of hydrogen-bond acceptors (Lipinski definition) is 3. The molecule has 108 valence electrons. The van der Waals surface area contributed by atoms with Crippen LogP contribution in [0.5, 0.6) is 0 Å². The van der Waals surface area contributed by atoms with E-state index in [9.17, 15) is 5.26 Å². The molecule has 0 spiro atoms. The summed E-state index contributed by atoms with van der Waals surface area (Å²) in [7, 11) is 0. The Morgan fingerprint density at radius 1 is 1.19 bits per heavy atom. The molecule has 2 atom stereocenters. The third-order valence-electron chi connectivity index (χ3n) is 4.45. The Morgan fingerprint density at radius 2 is 2.05 bits per heavy atom. The molecule has 1 N–H and O–H groups in total. The van der Waals surface area contributed by atoms with Crippen LogP contribution in [0.1, 0.15) is 44.6 Å². The van der Waals surface area contributed by atoms with E-state index in [1.54, 1.807) is 0 Å². The van der Waals surface area contributed by atoms with Gasteiger partial charge in [-0.15, -0.1) is 0 Å². The van der Waals surface area contributed by atoms with E-state index >= 15 is 0 Å². The van der Waals surface area contributed by atoms with E-state index < -0.39 is 0 Å². The van der Waals surface area contributed by atoms with Crippen LogP contribution < -0.4 is 5.32 Å². The van der Waals surface area contributed by atoms with Crippen LogP contribution in [0, 0.1) is 17.2 Å². The Hall–Kier alpha value is -2.08. The SMILES string of the molecule is CC1CCCC(Nc2cc(C#N)c3ccccc3n2)CC1. The highest BCUT2D eigenvalue weighted by Crippen LogP contribution is 2.26. The van der Waals surface area contributed by atoms with Gasteiger partial charge in [0.15, 0.2) is 0 Å². The number of rotatable bonds is 2. The highest BCUT2D eigenvalue weighted by atomic mass is 15.0. The Balaban J connectivity index is 1.85. The first-order valence-corrected chi connectivity index (χ1v) is 7.82. The van der Waals surface area contributed by atoms with Crippen molar-refractivity contribution in [2.75, 3.05) is 5.32 Å². The summed E-state index contributed by atoms with van der Waals surface area (Å²) in [4.78, 5) is 4.67. The predicted octanol–water partition coefficient (Wildman–Crippen LogP) is 4.49. The van der Waals surface area contributed by atoms with Crippen molar-refractivity contribution in [2.45, 2.75) is 45.1 Å². The standard InChI is InChI=1S/C18H21N3/c1-13-5-4-6-15(10-9-13)20-18-11-14(12-19)16-7-2-3-8-17(16)21-18/h2-3,7-8,11,13,15H,4-6,9-10H2,1H3,(H,20,21). The average Bonchev–Trinajstić information content (AvgIpc) is 2.71. The molecule has 0 bridgehead atoms. The number of para-hydroxylation sites is 1. The molecule has 21 heavy (non-hydrogen) atoms. The molecule has 3 heteroatoms. The Bertz CT molecular complexity index is 672. The van der Waals surface area contributed by atoms with Crippen molar-refractivity contribution in [1.29, 1.82) is 5.26 Å². The molecule has 1 aliphatic carbocycles. The summed E-state index contributed by atoms with van der Waals surface area (Å²) in [5.74, 6) is 1.67. The number of hydrogen-bond donors (Lipinski definition) is 1. The zero-order valence-electron chi connectivity index (χ0n) is 12.5. The van der Waals surface area contributed by atoms with Crippen molar-refractivity contribution in [3.8, 4) is 6.07 Å². The van der Waals surface area contributed by atoms with Crippen LogP contribution in [0.3, 0.4) is 0 Å². The number of nitrogens with zero attached hydrogens (tertiary/aromatic N) is 2. The van der Waals surface area contributed by atoms with Crippen LogP contribution in [0.25, 0.3) is 10.9 Å². The van der Waals surface area contributed by atoms with Gasteiger partial charge in [-0.3, -0.25) is 0 Å². The van der Waals surface area contributed by atoms with Crippen molar-refractivity contribution in [1.82, 2.24) is 4.98 Å². The molecule has 0 saturated heterocycles. The summed E-state index contributed by atoms with van der Waals surface area (Å²) < 4.78 is 0. The Morgan fingerprint density at radius 3 is 2.90 bits per heavy atom. The minimum Gasteiger partial charge on any atom is -0.367 e. The molecule has 1 aromatic heterocycles. The van der Waals surface area contributed by atoms with Crippen molar-refractivity contribution in [3.05, 3.63) is 35.9 Å². The third-order valence-corrected chi connectivity index (χ3v) is 4.45. The molecule has 3 rings (SSSR count). The van der Waals surface area contributed by atoms with Crippen molar-refractivity contribution in [3.63, 3.8) is 0 Å². The van der Waals surface area contributed by atoms with Gasteiger partial charge in [0.25, 0.3) is 0 Å². The zero-order chi connectivity index (χ0) is 14.7. The Labute approximate surface area is 126 Å². The molecule has 2 aromatic rings. The minimum absolute atomic E-state index is 0.482. The second-order valence-corrected chi connectivity index (χ2v) is 6.14. The van der Waals surface area contributed by atoms with Crippen LogP contribution in [0.15, 0.2) is 30.3 Å². The topological polar surface area (TPSA) is 48.7 Å². The molecular formula is C18H21N3. The van der Waals surface area contributed by atoms with Gasteiger partial charge in [0.1, 0.15) is 5.82 Å². The molecule has 1 fully saturated rings. The molecule has 1 saturated carbocycles. The second-order valence-electron chi connectivity index (χ2n) is 6.14. The smallest absolute Gasteiger partial charge is 0.128 e. The van der Waals surface area contributed by atoms with Gasteiger partial charge in [-0.05, 0) is 37.3 Å². The van der Waals surface area contributed by atoms with E-state index in [4.69, 9.17) is 0 Å². The van der Waals surface area contributed by atoms with Crippen LogP contribution in [-0.2, 0) is 0 Å². The van der Waals surface area contributed by atoms with Gasteiger partial charge in [0.2, 0.25) is 0 Å². The first-order valence-electron chi connectivity index (χ1n) is 7.82.